The third kappa shape index (κ3) is 2.09. The summed E-state index contributed by atoms with van der Waals surface area (Å²) >= 11 is 11.5. The van der Waals surface area contributed by atoms with E-state index >= 15 is 0 Å². The van der Waals surface area contributed by atoms with Gasteiger partial charge in [-0.25, -0.2) is 0 Å². The summed E-state index contributed by atoms with van der Waals surface area (Å²) in [6, 6.07) is 4.88. The maximum atomic E-state index is 8.94. The highest BCUT2D eigenvalue weighted by Gasteiger charge is 2.02. The number of hydrogen-bond acceptors (Lipinski definition) is 1. The zero-order valence-electron chi connectivity index (χ0n) is 7.64. The quantitative estimate of drug-likeness (QED) is 0.765. The molecule has 0 heterocycles. The van der Waals surface area contributed by atoms with Crippen LogP contribution in [0.4, 0.5) is 0 Å². The van der Waals surface area contributed by atoms with Crippen molar-refractivity contribution in [2.45, 2.75) is 6.42 Å². The first-order valence-corrected chi connectivity index (χ1v) is 3.81. The fraction of sp³-hybridized carbons (Fsp3) is 0.250. The van der Waals surface area contributed by atoms with Gasteiger partial charge in [-0.2, -0.15) is 0 Å². The number of halogens is 2. The number of hydrogen-bond donors (Lipinski definition) is 1. The maximum Gasteiger partial charge on any atom is 0.0567 e. The summed E-state index contributed by atoms with van der Waals surface area (Å²) < 4.78 is 13.9. The van der Waals surface area contributed by atoms with Crippen LogP contribution in [0.1, 0.15) is 8.30 Å². The Kier molecular flexibility index (Phi) is 2.26. The highest BCUT2D eigenvalue weighted by Crippen LogP contribution is 2.24. The van der Waals surface area contributed by atoms with Crippen molar-refractivity contribution >= 4 is 23.2 Å². The van der Waals surface area contributed by atoms with Crippen molar-refractivity contribution in [1.82, 2.24) is 0 Å². The lowest BCUT2D eigenvalue weighted by Gasteiger charge is -2.03. The minimum Gasteiger partial charge on any atom is -0.396 e. The molecule has 0 aliphatic heterocycles. The zero-order valence-corrected chi connectivity index (χ0v) is 7.15. The molecule has 0 saturated heterocycles. The summed E-state index contributed by atoms with van der Waals surface area (Å²) in [6.07, 6.45) is -0.203. The molecular weight excluding hydrogens is 183 g/mol. The molecule has 0 saturated carbocycles. The lowest BCUT2D eigenvalue weighted by molar-refractivity contribution is 0.299. The molecule has 3 heteroatoms. The van der Waals surface area contributed by atoms with E-state index in [0.29, 0.717) is 15.6 Å². The Hall–Kier alpha value is -0.240. The molecule has 0 spiro atoms. The van der Waals surface area contributed by atoms with Crippen molar-refractivity contribution in [2.75, 3.05) is 6.56 Å². The van der Waals surface area contributed by atoms with Gasteiger partial charge in [0.1, 0.15) is 0 Å². The molecule has 0 unspecified atom stereocenters. The van der Waals surface area contributed by atoms with Crippen LogP contribution in [0.15, 0.2) is 18.2 Å². The fourth-order valence-electron chi connectivity index (χ4n) is 0.780. The molecule has 0 bridgehead atoms. The van der Waals surface area contributed by atoms with Crippen molar-refractivity contribution in [3.8, 4) is 0 Å². The van der Waals surface area contributed by atoms with E-state index in [2.05, 4.69) is 0 Å². The standard InChI is InChI=1S/C8H8Cl2O/c9-7-2-1-3-8(10)6(7)4-5-11/h1-3,11H,4-5H2/i5D2. The summed E-state index contributed by atoms with van der Waals surface area (Å²) in [4.78, 5) is 0. The topological polar surface area (TPSA) is 20.2 Å². The minimum atomic E-state index is -2.28. The van der Waals surface area contributed by atoms with Crippen molar-refractivity contribution in [2.24, 2.45) is 0 Å². The van der Waals surface area contributed by atoms with Crippen LogP contribution in [0.3, 0.4) is 0 Å². The summed E-state index contributed by atoms with van der Waals surface area (Å²) in [7, 11) is 0. The van der Waals surface area contributed by atoms with Crippen molar-refractivity contribution in [1.29, 1.82) is 0 Å². The van der Waals surface area contributed by atoms with Crippen LogP contribution in [0.5, 0.6) is 0 Å². The summed E-state index contributed by atoms with van der Waals surface area (Å²) in [5.74, 6) is 0. The smallest absolute Gasteiger partial charge is 0.0567 e. The van der Waals surface area contributed by atoms with Gasteiger partial charge < -0.3 is 5.11 Å². The molecule has 0 aliphatic carbocycles. The molecule has 1 rings (SSSR count). The van der Waals surface area contributed by atoms with Gasteiger partial charge in [0, 0.05) is 16.6 Å². The molecule has 1 aromatic carbocycles. The van der Waals surface area contributed by atoms with Crippen LogP contribution < -0.4 is 0 Å². The molecule has 11 heavy (non-hydrogen) atoms. The van der Waals surface area contributed by atoms with Gasteiger partial charge in [-0.15, -0.1) is 0 Å². The molecule has 1 N–H and O–H groups in total. The first-order valence-electron chi connectivity index (χ1n) is 4.05. The Morgan fingerprint density at radius 1 is 1.36 bits per heavy atom. The van der Waals surface area contributed by atoms with Gasteiger partial charge in [-0.1, -0.05) is 29.3 Å². The zero-order chi connectivity index (χ0) is 10.1. The van der Waals surface area contributed by atoms with Gasteiger partial charge in [0.2, 0.25) is 0 Å². The van der Waals surface area contributed by atoms with E-state index in [0.717, 1.165) is 0 Å². The van der Waals surface area contributed by atoms with Crippen LogP contribution >= 0.6 is 23.2 Å². The number of rotatable bonds is 2. The molecule has 0 aliphatic rings. The van der Waals surface area contributed by atoms with E-state index in [9.17, 15) is 0 Å². The van der Waals surface area contributed by atoms with E-state index in [4.69, 9.17) is 31.0 Å². The highest BCUT2D eigenvalue weighted by molar-refractivity contribution is 6.35. The predicted octanol–water partition coefficient (Wildman–Crippen LogP) is 2.53. The van der Waals surface area contributed by atoms with E-state index in [-0.39, 0.29) is 6.42 Å². The third-order valence-corrected chi connectivity index (χ3v) is 2.03. The van der Waals surface area contributed by atoms with Crippen molar-refractivity contribution in [3.05, 3.63) is 33.8 Å². The first kappa shape index (κ1) is 6.30. The van der Waals surface area contributed by atoms with E-state index < -0.39 is 6.56 Å². The molecule has 60 valence electrons. The van der Waals surface area contributed by atoms with Crippen LogP contribution in [-0.4, -0.2) is 11.7 Å². The Morgan fingerprint density at radius 2 is 1.91 bits per heavy atom. The van der Waals surface area contributed by atoms with E-state index in [1.54, 1.807) is 18.2 Å². The summed E-state index contributed by atoms with van der Waals surface area (Å²) in [5, 5.41) is 9.67. The second-order valence-electron chi connectivity index (χ2n) is 2.04. The van der Waals surface area contributed by atoms with Crippen molar-refractivity contribution in [3.63, 3.8) is 0 Å². The number of benzene rings is 1. The molecular formula is C8H8Cl2O. The lowest BCUT2D eigenvalue weighted by atomic mass is 10.2. The van der Waals surface area contributed by atoms with Crippen LogP contribution in [0, 0.1) is 0 Å². The second-order valence-corrected chi connectivity index (χ2v) is 2.85. The van der Waals surface area contributed by atoms with Gasteiger partial charge in [0.25, 0.3) is 0 Å². The average Bonchev–Trinajstić information content (AvgIpc) is 1.95. The molecule has 0 atom stereocenters. The van der Waals surface area contributed by atoms with Gasteiger partial charge in [0.05, 0.1) is 2.74 Å². The Labute approximate surface area is 78.4 Å². The Morgan fingerprint density at radius 3 is 2.36 bits per heavy atom. The lowest BCUT2D eigenvalue weighted by Crippen LogP contribution is -1.92. The first-order chi connectivity index (χ1) is 5.90. The van der Waals surface area contributed by atoms with E-state index in [1.807, 2.05) is 0 Å². The Bertz CT molecular complexity index is 289. The molecule has 0 fully saturated rings. The van der Waals surface area contributed by atoms with Gasteiger partial charge >= 0.3 is 0 Å². The van der Waals surface area contributed by atoms with E-state index in [1.165, 1.54) is 0 Å². The summed E-state index contributed by atoms with van der Waals surface area (Å²) in [5.41, 5.74) is 0.429. The number of aliphatic hydroxyl groups is 1. The van der Waals surface area contributed by atoms with Crippen LogP contribution in [0.25, 0.3) is 0 Å². The highest BCUT2D eigenvalue weighted by atomic mass is 35.5. The van der Waals surface area contributed by atoms with Crippen LogP contribution in [-0.2, 0) is 6.42 Å². The molecule has 0 aromatic heterocycles. The van der Waals surface area contributed by atoms with Gasteiger partial charge in [0.15, 0.2) is 0 Å². The maximum absolute atomic E-state index is 8.94. The third-order valence-electron chi connectivity index (χ3n) is 1.32. The normalized spacial score (nSPS) is 14.1. The monoisotopic (exact) mass is 192 g/mol. The van der Waals surface area contributed by atoms with Gasteiger partial charge in [-0.05, 0) is 24.1 Å². The average molecular weight is 193 g/mol. The van der Waals surface area contributed by atoms with Gasteiger partial charge in [-0.3, -0.25) is 0 Å². The second kappa shape index (κ2) is 3.96. The summed E-state index contributed by atoms with van der Waals surface area (Å²) in [6.45, 7) is -2.28. The molecule has 0 amide bonds. The molecule has 0 radical (unpaired) electrons. The van der Waals surface area contributed by atoms with Crippen molar-refractivity contribution < 1.29 is 7.85 Å². The Balaban J connectivity index is 3.00. The molecule has 1 nitrogen and oxygen atoms in total. The van der Waals surface area contributed by atoms with Crippen LogP contribution in [0.2, 0.25) is 10.0 Å². The molecule has 1 aromatic rings. The largest absolute Gasteiger partial charge is 0.396 e. The fourth-order valence-corrected chi connectivity index (χ4v) is 1.31. The predicted molar refractivity (Wildman–Crippen MR) is 47.3 cm³/mol. The SMILES string of the molecule is [2H]C([2H])(O)Cc1c(Cl)cccc1Cl. The minimum absolute atomic E-state index is 0.203.